The number of nitrogens with zero attached hydrogens (tertiary/aromatic N) is 1. The zero-order chi connectivity index (χ0) is 10.4. The first-order valence-electron chi connectivity index (χ1n) is 5.77. The van der Waals surface area contributed by atoms with Crippen LogP contribution >= 0.6 is 0 Å². The van der Waals surface area contributed by atoms with E-state index < -0.39 is 0 Å². The van der Waals surface area contributed by atoms with E-state index >= 15 is 0 Å². The predicted molar refractivity (Wildman–Crippen MR) is 59.4 cm³/mol. The summed E-state index contributed by atoms with van der Waals surface area (Å²) in [6.07, 6.45) is 5.07. The van der Waals surface area contributed by atoms with E-state index in [9.17, 15) is 0 Å². The number of likely N-dealkylation sites (tertiary alicyclic amines) is 1. The lowest BCUT2D eigenvalue weighted by Crippen LogP contribution is -2.38. The van der Waals surface area contributed by atoms with Gasteiger partial charge in [-0.3, -0.25) is 0 Å². The van der Waals surface area contributed by atoms with Crippen LogP contribution in [0.2, 0.25) is 0 Å². The number of ether oxygens (including phenoxy) is 1. The molecule has 2 N–H and O–H groups in total. The smallest absolute Gasteiger partial charge is 0.0595 e. The van der Waals surface area contributed by atoms with Crippen molar-refractivity contribution in [2.75, 3.05) is 26.7 Å². The van der Waals surface area contributed by atoms with Crippen molar-refractivity contribution in [2.24, 2.45) is 5.73 Å². The Morgan fingerprint density at radius 2 is 2.07 bits per heavy atom. The van der Waals surface area contributed by atoms with Crippen molar-refractivity contribution in [3.8, 4) is 0 Å². The normalized spacial score (nSPS) is 22.5. The SMILES string of the molecule is CCC(N)CCN1CCC(OC)CC1. The van der Waals surface area contributed by atoms with Gasteiger partial charge in [0.25, 0.3) is 0 Å². The summed E-state index contributed by atoms with van der Waals surface area (Å²) in [5, 5.41) is 0. The molecule has 1 fully saturated rings. The van der Waals surface area contributed by atoms with Crippen molar-refractivity contribution in [1.29, 1.82) is 0 Å². The molecule has 0 aromatic heterocycles. The predicted octanol–water partition coefficient (Wildman–Crippen LogP) is 1.22. The number of nitrogens with two attached hydrogens (primary N) is 1. The number of methoxy groups -OCH3 is 1. The minimum Gasteiger partial charge on any atom is -0.381 e. The van der Waals surface area contributed by atoms with Gasteiger partial charge in [-0.1, -0.05) is 6.92 Å². The summed E-state index contributed by atoms with van der Waals surface area (Å²) in [5.41, 5.74) is 5.89. The van der Waals surface area contributed by atoms with Crippen molar-refractivity contribution in [3.63, 3.8) is 0 Å². The molecule has 0 aliphatic carbocycles. The molecule has 0 spiro atoms. The third kappa shape index (κ3) is 3.95. The van der Waals surface area contributed by atoms with Gasteiger partial charge in [0, 0.05) is 26.2 Å². The number of piperidine rings is 1. The highest BCUT2D eigenvalue weighted by Gasteiger charge is 2.18. The first-order chi connectivity index (χ1) is 6.76. The highest BCUT2D eigenvalue weighted by molar-refractivity contribution is 4.73. The molecule has 0 saturated carbocycles. The van der Waals surface area contributed by atoms with Crippen LogP contribution in [0.3, 0.4) is 0 Å². The van der Waals surface area contributed by atoms with Crippen LogP contribution in [0.5, 0.6) is 0 Å². The largest absolute Gasteiger partial charge is 0.381 e. The van der Waals surface area contributed by atoms with Crippen LogP contribution in [0.25, 0.3) is 0 Å². The van der Waals surface area contributed by atoms with Gasteiger partial charge in [-0.05, 0) is 32.2 Å². The molecule has 3 nitrogen and oxygen atoms in total. The molecule has 1 saturated heterocycles. The second kappa shape index (κ2) is 6.38. The molecule has 0 aromatic rings. The van der Waals surface area contributed by atoms with Crippen LogP contribution in [0, 0.1) is 0 Å². The van der Waals surface area contributed by atoms with E-state index in [1.54, 1.807) is 0 Å². The van der Waals surface area contributed by atoms with Crippen molar-refractivity contribution in [2.45, 2.75) is 44.8 Å². The Morgan fingerprint density at radius 3 is 2.57 bits per heavy atom. The summed E-state index contributed by atoms with van der Waals surface area (Å²) in [7, 11) is 1.81. The maximum atomic E-state index is 5.89. The van der Waals surface area contributed by atoms with Crippen molar-refractivity contribution in [3.05, 3.63) is 0 Å². The van der Waals surface area contributed by atoms with Gasteiger partial charge in [-0.2, -0.15) is 0 Å². The first kappa shape index (κ1) is 12.0. The molecule has 0 aromatic carbocycles. The van der Waals surface area contributed by atoms with Gasteiger partial charge < -0.3 is 15.4 Å². The molecule has 3 heteroatoms. The standard InChI is InChI=1S/C11H24N2O/c1-3-10(12)4-7-13-8-5-11(14-2)6-9-13/h10-11H,3-9,12H2,1-2H3. The van der Waals surface area contributed by atoms with E-state index in [1.165, 1.54) is 25.9 Å². The topological polar surface area (TPSA) is 38.5 Å². The summed E-state index contributed by atoms with van der Waals surface area (Å²) in [6.45, 7) is 5.66. The van der Waals surface area contributed by atoms with Crippen molar-refractivity contribution >= 4 is 0 Å². The fourth-order valence-electron chi connectivity index (χ4n) is 1.92. The molecular weight excluding hydrogens is 176 g/mol. The maximum absolute atomic E-state index is 5.89. The summed E-state index contributed by atoms with van der Waals surface area (Å²) in [6, 6.07) is 0.384. The monoisotopic (exact) mass is 200 g/mol. The second-order valence-corrected chi connectivity index (χ2v) is 4.23. The summed E-state index contributed by atoms with van der Waals surface area (Å²) >= 11 is 0. The molecule has 1 aliphatic heterocycles. The van der Waals surface area contributed by atoms with Gasteiger partial charge in [0.1, 0.15) is 0 Å². The van der Waals surface area contributed by atoms with E-state index in [-0.39, 0.29) is 0 Å². The highest BCUT2D eigenvalue weighted by Crippen LogP contribution is 2.13. The first-order valence-corrected chi connectivity index (χ1v) is 5.77. The van der Waals surface area contributed by atoms with E-state index in [4.69, 9.17) is 10.5 Å². The van der Waals surface area contributed by atoms with Crippen LogP contribution < -0.4 is 5.73 Å². The molecule has 0 bridgehead atoms. The third-order valence-electron chi connectivity index (χ3n) is 3.21. The van der Waals surface area contributed by atoms with E-state index in [0.717, 1.165) is 19.4 Å². The Kier molecular flexibility index (Phi) is 5.45. The highest BCUT2D eigenvalue weighted by atomic mass is 16.5. The van der Waals surface area contributed by atoms with Crippen LogP contribution in [-0.4, -0.2) is 43.8 Å². The Labute approximate surface area is 87.6 Å². The summed E-state index contributed by atoms with van der Waals surface area (Å²) in [5.74, 6) is 0. The second-order valence-electron chi connectivity index (χ2n) is 4.23. The molecule has 0 amide bonds. The van der Waals surface area contributed by atoms with E-state index in [1.807, 2.05) is 7.11 Å². The number of hydrogen-bond donors (Lipinski definition) is 1. The lowest BCUT2D eigenvalue weighted by Gasteiger charge is -2.31. The molecule has 1 heterocycles. The Morgan fingerprint density at radius 1 is 1.43 bits per heavy atom. The molecule has 14 heavy (non-hydrogen) atoms. The fourth-order valence-corrected chi connectivity index (χ4v) is 1.92. The Balaban J connectivity index is 2.10. The third-order valence-corrected chi connectivity index (χ3v) is 3.21. The van der Waals surface area contributed by atoms with Gasteiger partial charge in [-0.25, -0.2) is 0 Å². The van der Waals surface area contributed by atoms with Crippen LogP contribution in [0.15, 0.2) is 0 Å². The Bertz CT molecular complexity index is 144. The molecule has 84 valence electrons. The van der Waals surface area contributed by atoms with Crippen LogP contribution in [0.1, 0.15) is 32.6 Å². The molecule has 1 atom stereocenters. The zero-order valence-electron chi connectivity index (χ0n) is 9.54. The number of hydrogen-bond acceptors (Lipinski definition) is 3. The van der Waals surface area contributed by atoms with Gasteiger partial charge >= 0.3 is 0 Å². The minimum atomic E-state index is 0.384. The molecule has 1 unspecified atom stereocenters. The summed E-state index contributed by atoms with van der Waals surface area (Å²) in [4.78, 5) is 2.50. The van der Waals surface area contributed by atoms with Gasteiger partial charge in [0.2, 0.25) is 0 Å². The van der Waals surface area contributed by atoms with Crippen molar-refractivity contribution < 1.29 is 4.74 Å². The van der Waals surface area contributed by atoms with Crippen molar-refractivity contribution in [1.82, 2.24) is 4.90 Å². The number of rotatable bonds is 5. The van der Waals surface area contributed by atoms with Gasteiger partial charge in [0.15, 0.2) is 0 Å². The molecule has 0 radical (unpaired) electrons. The van der Waals surface area contributed by atoms with Gasteiger partial charge in [0.05, 0.1) is 6.10 Å². The van der Waals surface area contributed by atoms with Crippen LogP contribution in [-0.2, 0) is 4.74 Å². The Hall–Kier alpha value is -0.120. The maximum Gasteiger partial charge on any atom is 0.0595 e. The molecule has 1 aliphatic rings. The minimum absolute atomic E-state index is 0.384. The quantitative estimate of drug-likeness (QED) is 0.725. The summed E-state index contributed by atoms with van der Waals surface area (Å²) < 4.78 is 5.33. The van der Waals surface area contributed by atoms with E-state index in [0.29, 0.717) is 12.1 Å². The molecule has 1 rings (SSSR count). The lowest BCUT2D eigenvalue weighted by atomic mass is 10.1. The fraction of sp³-hybridized carbons (Fsp3) is 1.00. The molecular formula is C11H24N2O. The van der Waals surface area contributed by atoms with Crippen LogP contribution in [0.4, 0.5) is 0 Å². The lowest BCUT2D eigenvalue weighted by molar-refractivity contribution is 0.0404. The average molecular weight is 200 g/mol. The zero-order valence-corrected chi connectivity index (χ0v) is 9.54. The van der Waals surface area contributed by atoms with E-state index in [2.05, 4.69) is 11.8 Å². The average Bonchev–Trinajstić information content (AvgIpc) is 2.26. The van der Waals surface area contributed by atoms with Gasteiger partial charge in [-0.15, -0.1) is 0 Å².